The average Bonchev–Trinajstić information content (AvgIpc) is 2.86. The molecule has 1 fully saturated rings. The van der Waals surface area contributed by atoms with Gasteiger partial charge in [-0.25, -0.2) is 0 Å². The normalized spacial score (nSPS) is 14.8. The standard InChI is InChI=1S/C26H32ClN3O5/c1-26(2,14-18-4-6-20(33-3)7-5-18)29-16-19(31)17-35-23-9-8-21(24(27)22(23)15-28)25(32)30-10-12-34-13-11-30/h4-9,19,29,31H,10-14,16-17H2,1-3H3/t19-/m1/s1. The molecule has 0 bridgehead atoms. The summed E-state index contributed by atoms with van der Waals surface area (Å²) in [4.78, 5) is 14.4. The lowest BCUT2D eigenvalue weighted by atomic mass is 9.94. The Hall–Kier alpha value is -2.83. The second kappa shape index (κ2) is 12.2. The van der Waals surface area contributed by atoms with Crippen LogP contribution in [-0.2, 0) is 11.2 Å². The van der Waals surface area contributed by atoms with Crippen molar-refractivity contribution in [2.75, 3.05) is 46.6 Å². The summed E-state index contributed by atoms with van der Waals surface area (Å²) in [5.74, 6) is 0.791. The van der Waals surface area contributed by atoms with E-state index in [-0.39, 0.29) is 40.0 Å². The van der Waals surface area contributed by atoms with E-state index in [1.165, 1.54) is 0 Å². The first-order valence-corrected chi connectivity index (χ1v) is 11.9. The van der Waals surface area contributed by atoms with Crippen molar-refractivity contribution in [3.05, 3.63) is 58.1 Å². The highest BCUT2D eigenvalue weighted by Crippen LogP contribution is 2.30. The van der Waals surface area contributed by atoms with Gasteiger partial charge in [-0.15, -0.1) is 0 Å². The van der Waals surface area contributed by atoms with Gasteiger partial charge in [-0.3, -0.25) is 4.79 Å². The smallest absolute Gasteiger partial charge is 0.255 e. The highest BCUT2D eigenvalue weighted by atomic mass is 35.5. The van der Waals surface area contributed by atoms with E-state index >= 15 is 0 Å². The Bertz CT molecular complexity index is 1050. The zero-order valence-electron chi connectivity index (χ0n) is 20.3. The van der Waals surface area contributed by atoms with Crippen LogP contribution in [0, 0.1) is 11.3 Å². The predicted octanol–water partition coefficient (Wildman–Crippen LogP) is 3.04. The largest absolute Gasteiger partial charge is 0.497 e. The van der Waals surface area contributed by atoms with E-state index in [1.807, 2.05) is 30.3 Å². The van der Waals surface area contributed by atoms with Crippen molar-refractivity contribution >= 4 is 17.5 Å². The molecule has 1 aliphatic heterocycles. The number of β-amino-alcohol motifs (C(OH)–C–C–N with tert-alkyl or cyclic N) is 1. The van der Waals surface area contributed by atoms with Gasteiger partial charge >= 0.3 is 0 Å². The number of benzene rings is 2. The van der Waals surface area contributed by atoms with E-state index in [0.29, 0.717) is 32.8 Å². The summed E-state index contributed by atoms with van der Waals surface area (Å²) in [6.45, 7) is 6.27. The summed E-state index contributed by atoms with van der Waals surface area (Å²) < 4.78 is 16.2. The van der Waals surface area contributed by atoms with Gasteiger partial charge in [0.05, 0.1) is 30.9 Å². The minimum absolute atomic E-state index is 0.0343. The third kappa shape index (κ3) is 7.33. The second-order valence-corrected chi connectivity index (χ2v) is 9.45. The van der Waals surface area contributed by atoms with Gasteiger partial charge < -0.3 is 29.5 Å². The fourth-order valence-corrected chi connectivity index (χ4v) is 4.12. The van der Waals surface area contributed by atoms with Crippen molar-refractivity contribution in [1.29, 1.82) is 5.26 Å². The fraction of sp³-hybridized carbons (Fsp3) is 0.462. The number of morpholine rings is 1. The van der Waals surface area contributed by atoms with Gasteiger partial charge in [0.2, 0.25) is 0 Å². The maximum atomic E-state index is 12.8. The minimum atomic E-state index is -0.815. The lowest BCUT2D eigenvalue weighted by molar-refractivity contribution is 0.0303. The first-order valence-electron chi connectivity index (χ1n) is 11.5. The summed E-state index contributed by atoms with van der Waals surface area (Å²) in [5.41, 5.74) is 1.21. The van der Waals surface area contributed by atoms with Crippen molar-refractivity contribution in [2.24, 2.45) is 0 Å². The second-order valence-electron chi connectivity index (χ2n) is 9.07. The number of carbonyl (C=O) groups excluding carboxylic acids is 1. The van der Waals surface area contributed by atoms with Crippen LogP contribution in [0.3, 0.4) is 0 Å². The minimum Gasteiger partial charge on any atom is -0.497 e. The molecule has 2 N–H and O–H groups in total. The number of hydrogen-bond acceptors (Lipinski definition) is 7. The van der Waals surface area contributed by atoms with E-state index in [1.54, 1.807) is 24.1 Å². The number of rotatable bonds is 10. The molecule has 0 aliphatic carbocycles. The van der Waals surface area contributed by atoms with Gasteiger partial charge in [0.1, 0.15) is 35.8 Å². The number of methoxy groups -OCH3 is 1. The summed E-state index contributed by atoms with van der Waals surface area (Å²) >= 11 is 6.40. The summed E-state index contributed by atoms with van der Waals surface area (Å²) in [6.07, 6.45) is -0.0534. The van der Waals surface area contributed by atoms with Gasteiger partial charge in [-0.05, 0) is 50.1 Å². The van der Waals surface area contributed by atoms with Crippen LogP contribution >= 0.6 is 11.6 Å². The molecule has 0 spiro atoms. The molecule has 8 nitrogen and oxygen atoms in total. The number of amides is 1. The van der Waals surface area contributed by atoms with Gasteiger partial charge in [-0.1, -0.05) is 23.7 Å². The summed E-state index contributed by atoms with van der Waals surface area (Å²) in [7, 11) is 1.64. The Kier molecular flexibility index (Phi) is 9.35. The Morgan fingerprint density at radius 2 is 1.94 bits per heavy atom. The summed E-state index contributed by atoms with van der Waals surface area (Å²) in [6, 6.07) is 13.0. The van der Waals surface area contributed by atoms with Crippen LogP contribution < -0.4 is 14.8 Å². The van der Waals surface area contributed by atoms with Crippen LogP contribution in [0.4, 0.5) is 0 Å². The first kappa shape index (κ1) is 26.8. The molecule has 1 heterocycles. The number of halogens is 1. The number of ether oxygens (including phenoxy) is 3. The lowest BCUT2D eigenvalue weighted by Crippen LogP contribution is -2.46. The van der Waals surface area contributed by atoms with E-state index in [4.69, 9.17) is 25.8 Å². The number of hydrogen-bond donors (Lipinski definition) is 2. The molecule has 1 amide bonds. The quantitative estimate of drug-likeness (QED) is 0.515. The van der Waals surface area contributed by atoms with Gasteiger partial charge in [0.25, 0.3) is 5.91 Å². The fourth-order valence-electron chi connectivity index (χ4n) is 3.84. The lowest BCUT2D eigenvalue weighted by Gasteiger charge is -2.28. The van der Waals surface area contributed by atoms with Crippen LogP contribution in [0.15, 0.2) is 36.4 Å². The maximum Gasteiger partial charge on any atom is 0.255 e. The van der Waals surface area contributed by atoms with Gasteiger partial charge in [0.15, 0.2) is 0 Å². The van der Waals surface area contributed by atoms with E-state index in [9.17, 15) is 15.2 Å². The number of carbonyl (C=O) groups is 1. The molecular weight excluding hydrogens is 470 g/mol. The molecule has 2 aromatic carbocycles. The SMILES string of the molecule is COc1ccc(CC(C)(C)NC[C@@H](O)COc2ccc(C(=O)N3CCOCC3)c(Cl)c2C#N)cc1. The zero-order valence-corrected chi connectivity index (χ0v) is 21.1. The molecule has 0 unspecified atom stereocenters. The van der Waals surface area contributed by atoms with Crippen molar-refractivity contribution in [1.82, 2.24) is 10.2 Å². The molecule has 188 valence electrons. The highest BCUT2D eigenvalue weighted by Gasteiger charge is 2.24. The van der Waals surface area contributed by atoms with E-state index in [0.717, 1.165) is 17.7 Å². The number of aliphatic hydroxyl groups is 1. The van der Waals surface area contributed by atoms with Crippen LogP contribution in [0.5, 0.6) is 11.5 Å². The number of nitriles is 1. The molecule has 3 rings (SSSR count). The van der Waals surface area contributed by atoms with Crippen LogP contribution in [0.25, 0.3) is 0 Å². The van der Waals surface area contributed by atoms with Crippen LogP contribution in [0.1, 0.15) is 35.3 Å². The number of nitrogens with zero attached hydrogens (tertiary/aromatic N) is 2. The zero-order chi connectivity index (χ0) is 25.4. The van der Waals surface area contributed by atoms with Gasteiger partial charge in [-0.2, -0.15) is 5.26 Å². The molecule has 2 aromatic rings. The first-order chi connectivity index (χ1) is 16.7. The van der Waals surface area contributed by atoms with Crippen molar-refractivity contribution in [3.63, 3.8) is 0 Å². The van der Waals surface area contributed by atoms with E-state index in [2.05, 4.69) is 19.2 Å². The highest BCUT2D eigenvalue weighted by molar-refractivity contribution is 6.35. The van der Waals surface area contributed by atoms with Crippen molar-refractivity contribution < 1.29 is 24.1 Å². The number of nitrogens with one attached hydrogen (secondary N) is 1. The molecule has 1 atom stereocenters. The van der Waals surface area contributed by atoms with E-state index < -0.39 is 6.10 Å². The molecular formula is C26H32ClN3O5. The molecule has 0 radical (unpaired) electrons. The monoisotopic (exact) mass is 501 g/mol. The van der Waals surface area contributed by atoms with Crippen molar-refractivity contribution in [3.8, 4) is 17.6 Å². The molecule has 0 saturated carbocycles. The van der Waals surface area contributed by atoms with Gasteiger partial charge in [0, 0.05) is 25.2 Å². The van der Waals surface area contributed by atoms with Crippen molar-refractivity contribution in [2.45, 2.75) is 31.9 Å². The summed E-state index contributed by atoms with van der Waals surface area (Å²) in [5, 5.41) is 23.5. The Morgan fingerprint density at radius 1 is 1.26 bits per heavy atom. The number of aliphatic hydroxyl groups excluding tert-OH is 1. The molecule has 1 aliphatic rings. The Labute approximate surface area is 211 Å². The maximum absolute atomic E-state index is 12.8. The van der Waals surface area contributed by atoms with Crippen LogP contribution in [0.2, 0.25) is 5.02 Å². The Balaban J connectivity index is 1.55. The topological polar surface area (TPSA) is 104 Å². The Morgan fingerprint density at radius 3 is 2.57 bits per heavy atom. The third-order valence-electron chi connectivity index (χ3n) is 5.80. The molecule has 0 aromatic heterocycles. The van der Waals surface area contributed by atoms with Crippen LogP contribution in [-0.4, -0.2) is 74.1 Å². The average molecular weight is 502 g/mol. The predicted molar refractivity (Wildman–Crippen MR) is 133 cm³/mol. The third-order valence-corrected chi connectivity index (χ3v) is 6.19. The molecule has 9 heteroatoms. The molecule has 1 saturated heterocycles. The molecule has 35 heavy (non-hydrogen) atoms.